The summed E-state index contributed by atoms with van der Waals surface area (Å²) in [7, 11) is 1.59. The minimum Gasteiger partial charge on any atom is -0.493 e. The number of anilines is 1. The highest BCUT2D eigenvalue weighted by atomic mass is 35.5. The normalized spacial score (nSPS) is 10.2. The summed E-state index contributed by atoms with van der Waals surface area (Å²) in [5, 5.41) is 9.12. The smallest absolute Gasteiger partial charge is 0.285 e. The van der Waals surface area contributed by atoms with Crippen LogP contribution in [0.15, 0.2) is 29.2 Å². The Hall–Kier alpha value is -2.21. The van der Waals surface area contributed by atoms with Gasteiger partial charge in [0, 0.05) is 6.54 Å². The van der Waals surface area contributed by atoms with Crippen LogP contribution in [0.2, 0.25) is 5.02 Å². The highest BCUT2D eigenvalue weighted by Crippen LogP contribution is 2.28. The molecule has 7 heteroatoms. The van der Waals surface area contributed by atoms with Gasteiger partial charge in [0.05, 0.1) is 25.6 Å². The van der Waals surface area contributed by atoms with Crippen LogP contribution >= 0.6 is 11.6 Å². The van der Waals surface area contributed by atoms with Crippen molar-refractivity contribution < 1.29 is 9.47 Å². The van der Waals surface area contributed by atoms with Gasteiger partial charge in [-0.3, -0.25) is 4.79 Å². The molecule has 2 aromatic rings. The van der Waals surface area contributed by atoms with Gasteiger partial charge in [0.2, 0.25) is 0 Å². The molecule has 0 aliphatic heterocycles. The quantitative estimate of drug-likeness (QED) is 0.857. The molecule has 0 saturated heterocycles. The van der Waals surface area contributed by atoms with Gasteiger partial charge >= 0.3 is 0 Å². The topological polar surface area (TPSA) is 76.2 Å². The predicted octanol–water partition coefficient (Wildman–Crippen LogP) is 2.44. The Kier molecular flexibility index (Phi) is 5.05. The van der Waals surface area contributed by atoms with Crippen molar-refractivity contribution in [1.82, 2.24) is 10.2 Å². The van der Waals surface area contributed by atoms with Gasteiger partial charge in [-0.1, -0.05) is 17.7 Å². The van der Waals surface area contributed by atoms with Gasteiger partial charge in [-0.25, -0.2) is 5.10 Å². The second kappa shape index (κ2) is 6.99. The fourth-order valence-corrected chi connectivity index (χ4v) is 1.96. The Labute approximate surface area is 127 Å². The molecule has 0 saturated carbocycles. The standard InChI is InChI=1S/C14H16ClN3O3/c1-3-21-12-6-9(4-5-11(12)20-2)7-16-10-8-17-18-14(19)13(10)15/h4-6,8H,3,7H2,1-2H3,(H2,16,18,19). The molecule has 6 nitrogen and oxygen atoms in total. The molecule has 0 bridgehead atoms. The highest BCUT2D eigenvalue weighted by molar-refractivity contribution is 6.32. The van der Waals surface area contributed by atoms with Gasteiger partial charge in [-0.05, 0) is 24.6 Å². The van der Waals surface area contributed by atoms with E-state index in [0.29, 0.717) is 30.3 Å². The molecule has 0 amide bonds. The number of aromatic nitrogens is 2. The first-order valence-corrected chi connectivity index (χ1v) is 6.80. The van der Waals surface area contributed by atoms with E-state index >= 15 is 0 Å². The van der Waals surface area contributed by atoms with E-state index in [2.05, 4.69) is 15.5 Å². The molecular formula is C14H16ClN3O3. The summed E-state index contributed by atoms with van der Waals surface area (Å²) in [4.78, 5) is 11.3. The lowest BCUT2D eigenvalue weighted by Crippen LogP contribution is -2.11. The maximum absolute atomic E-state index is 11.3. The van der Waals surface area contributed by atoms with Crippen LogP contribution in [0.25, 0.3) is 0 Å². The zero-order valence-electron chi connectivity index (χ0n) is 11.8. The number of nitrogens with zero attached hydrogens (tertiary/aromatic N) is 1. The Bertz CT molecular complexity index is 673. The van der Waals surface area contributed by atoms with Gasteiger partial charge in [-0.2, -0.15) is 5.10 Å². The third kappa shape index (κ3) is 3.66. The number of aromatic amines is 1. The van der Waals surface area contributed by atoms with E-state index in [0.717, 1.165) is 5.56 Å². The van der Waals surface area contributed by atoms with Crippen molar-refractivity contribution in [3.05, 3.63) is 45.3 Å². The molecule has 0 atom stereocenters. The Balaban J connectivity index is 2.14. The summed E-state index contributed by atoms with van der Waals surface area (Å²) in [6.07, 6.45) is 1.47. The van der Waals surface area contributed by atoms with Gasteiger partial charge in [0.15, 0.2) is 11.5 Å². The molecule has 112 valence electrons. The molecule has 2 N–H and O–H groups in total. The van der Waals surface area contributed by atoms with Crippen LogP contribution in [0.4, 0.5) is 5.69 Å². The number of H-pyrrole nitrogens is 1. The van der Waals surface area contributed by atoms with Crippen molar-refractivity contribution in [2.24, 2.45) is 0 Å². The van der Waals surface area contributed by atoms with Crippen LogP contribution in [0.5, 0.6) is 11.5 Å². The van der Waals surface area contributed by atoms with E-state index in [1.54, 1.807) is 7.11 Å². The number of hydrogen-bond acceptors (Lipinski definition) is 5. The summed E-state index contributed by atoms with van der Waals surface area (Å²) in [6, 6.07) is 5.62. The molecule has 1 heterocycles. The van der Waals surface area contributed by atoms with Gasteiger partial charge < -0.3 is 14.8 Å². The fourth-order valence-electron chi connectivity index (χ4n) is 1.80. The summed E-state index contributed by atoms with van der Waals surface area (Å²) < 4.78 is 10.7. The minimum atomic E-state index is -0.425. The minimum absolute atomic E-state index is 0.0866. The van der Waals surface area contributed by atoms with Crippen molar-refractivity contribution in [3.8, 4) is 11.5 Å². The number of benzene rings is 1. The highest BCUT2D eigenvalue weighted by Gasteiger charge is 2.07. The van der Waals surface area contributed by atoms with E-state index in [4.69, 9.17) is 21.1 Å². The molecule has 0 fully saturated rings. The molecule has 21 heavy (non-hydrogen) atoms. The van der Waals surface area contributed by atoms with Gasteiger partial charge in [0.25, 0.3) is 5.56 Å². The fraction of sp³-hybridized carbons (Fsp3) is 0.286. The predicted molar refractivity (Wildman–Crippen MR) is 81.4 cm³/mol. The Morgan fingerprint density at radius 1 is 1.38 bits per heavy atom. The first-order valence-electron chi connectivity index (χ1n) is 6.42. The third-order valence-electron chi connectivity index (χ3n) is 2.81. The maximum atomic E-state index is 11.3. The Morgan fingerprint density at radius 3 is 2.90 bits per heavy atom. The van der Waals surface area contributed by atoms with Crippen molar-refractivity contribution in [3.63, 3.8) is 0 Å². The van der Waals surface area contributed by atoms with Crippen molar-refractivity contribution in [2.75, 3.05) is 19.0 Å². The molecular weight excluding hydrogens is 294 g/mol. The largest absolute Gasteiger partial charge is 0.493 e. The second-order valence-corrected chi connectivity index (χ2v) is 4.58. The van der Waals surface area contributed by atoms with Crippen LogP contribution in [0, 0.1) is 0 Å². The first-order chi connectivity index (χ1) is 10.2. The second-order valence-electron chi connectivity index (χ2n) is 4.20. The van der Waals surface area contributed by atoms with E-state index in [-0.39, 0.29) is 5.02 Å². The summed E-state index contributed by atoms with van der Waals surface area (Å²) >= 11 is 5.90. The van der Waals surface area contributed by atoms with E-state index in [1.807, 2.05) is 25.1 Å². The first kappa shape index (κ1) is 15.2. The SMILES string of the molecule is CCOc1cc(CNc2cn[nH]c(=O)c2Cl)ccc1OC. The van der Waals surface area contributed by atoms with E-state index in [9.17, 15) is 4.79 Å². The molecule has 2 rings (SSSR count). The summed E-state index contributed by atoms with van der Waals surface area (Å²) in [6.45, 7) is 2.94. The lowest BCUT2D eigenvalue weighted by atomic mass is 10.2. The zero-order valence-corrected chi connectivity index (χ0v) is 12.5. The lowest BCUT2D eigenvalue weighted by molar-refractivity contribution is 0.310. The van der Waals surface area contributed by atoms with Crippen molar-refractivity contribution >= 4 is 17.3 Å². The molecule has 0 unspecified atom stereocenters. The molecule has 0 spiro atoms. The average Bonchev–Trinajstić information content (AvgIpc) is 2.49. The van der Waals surface area contributed by atoms with Crippen LogP contribution in [-0.2, 0) is 6.54 Å². The third-order valence-corrected chi connectivity index (χ3v) is 3.18. The molecule has 0 aliphatic rings. The monoisotopic (exact) mass is 309 g/mol. The van der Waals surface area contributed by atoms with Crippen molar-refractivity contribution in [1.29, 1.82) is 0 Å². The zero-order chi connectivity index (χ0) is 15.2. The average molecular weight is 310 g/mol. The number of rotatable bonds is 6. The number of hydrogen-bond donors (Lipinski definition) is 2. The Morgan fingerprint density at radius 2 is 2.19 bits per heavy atom. The number of methoxy groups -OCH3 is 1. The molecule has 1 aromatic heterocycles. The van der Waals surface area contributed by atoms with E-state index in [1.165, 1.54) is 6.20 Å². The lowest BCUT2D eigenvalue weighted by Gasteiger charge is -2.12. The number of halogens is 1. The van der Waals surface area contributed by atoms with Gasteiger partial charge in [-0.15, -0.1) is 0 Å². The van der Waals surface area contributed by atoms with Crippen molar-refractivity contribution in [2.45, 2.75) is 13.5 Å². The molecule has 0 aliphatic carbocycles. The number of ether oxygens (including phenoxy) is 2. The van der Waals surface area contributed by atoms with Crippen LogP contribution in [-0.4, -0.2) is 23.9 Å². The molecule has 1 aromatic carbocycles. The van der Waals surface area contributed by atoms with Crippen LogP contribution < -0.4 is 20.3 Å². The summed E-state index contributed by atoms with van der Waals surface area (Å²) in [5.41, 5.74) is 1.02. The van der Waals surface area contributed by atoms with Gasteiger partial charge in [0.1, 0.15) is 5.02 Å². The maximum Gasteiger partial charge on any atom is 0.285 e. The molecule has 0 radical (unpaired) electrons. The van der Waals surface area contributed by atoms with E-state index < -0.39 is 5.56 Å². The summed E-state index contributed by atoms with van der Waals surface area (Å²) in [5.74, 6) is 1.35. The van der Waals surface area contributed by atoms with Crippen LogP contribution in [0.1, 0.15) is 12.5 Å². The van der Waals surface area contributed by atoms with Crippen LogP contribution in [0.3, 0.4) is 0 Å². The number of nitrogens with one attached hydrogen (secondary N) is 2.